The van der Waals surface area contributed by atoms with E-state index in [4.69, 9.17) is 16.3 Å². The molecule has 1 heterocycles. The molecule has 0 spiro atoms. The van der Waals surface area contributed by atoms with Gasteiger partial charge in [0.05, 0.1) is 13.1 Å². The monoisotopic (exact) mass is 352 g/mol. The summed E-state index contributed by atoms with van der Waals surface area (Å²) in [6.45, 7) is 5.34. The summed E-state index contributed by atoms with van der Waals surface area (Å²) >= 11 is 7.54. The molecule has 0 bridgehead atoms. The summed E-state index contributed by atoms with van der Waals surface area (Å²) in [6, 6.07) is 7.34. The minimum atomic E-state index is -0.00293. The van der Waals surface area contributed by atoms with Crippen LogP contribution in [0.2, 0.25) is 5.02 Å². The Bertz CT molecular complexity index is 642. The average molecular weight is 353 g/mol. The van der Waals surface area contributed by atoms with E-state index in [0.29, 0.717) is 18.1 Å². The van der Waals surface area contributed by atoms with Gasteiger partial charge in [0.25, 0.3) is 0 Å². The minimum Gasteiger partial charge on any atom is -0.489 e. The highest BCUT2D eigenvalue weighted by molar-refractivity contribution is 7.11. The van der Waals surface area contributed by atoms with Crippen molar-refractivity contribution in [3.8, 4) is 5.75 Å². The van der Waals surface area contributed by atoms with Crippen molar-refractivity contribution in [1.29, 1.82) is 0 Å². The van der Waals surface area contributed by atoms with Crippen molar-refractivity contribution < 1.29 is 4.74 Å². The second kappa shape index (κ2) is 8.74. The molecule has 1 atom stereocenters. The van der Waals surface area contributed by atoms with Gasteiger partial charge in [0.2, 0.25) is 0 Å². The lowest BCUT2D eigenvalue weighted by atomic mass is 10.3. The van der Waals surface area contributed by atoms with Crippen LogP contribution in [0.3, 0.4) is 0 Å². The Morgan fingerprint density at radius 2 is 2.09 bits per heavy atom. The van der Waals surface area contributed by atoms with E-state index in [1.807, 2.05) is 44.3 Å². The second-order valence-corrected chi connectivity index (χ2v) is 6.81. The molecule has 0 aliphatic carbocycles. The van der Waals surface area contributed by atoms with E-state index in [0.717, 1.165) is 16.7 Å². The first-order valence-electron chi connectivity index (χ1n) is 7.35. The first-order chi connectivity index (χ1) is 11.1. The topological polar surface area (TPSA) is 58.5 Å². The molecule has 0 aliphatic rings. The zero-order chi connectivity index (χ0) is 16.7. The summed E-state index contributed by atoms with van der Waals surface area (Å²) in [5, 5.41) is 8.22. The van der Waals surface area contributed by atoms with Gasteiger partial charge in [0.15, 0.2) is 5.96 Å². The van der Waals surface area contributed by atoms with Crippen LogP contribution in [0, 0.1) is 6.92 Å². The van der Waals surface area contributed by atoms with Gasteiger partial charge in [-0.25, -0.2) is 4.98 Å². The molecule has 0 saturated heterocycles. The molecule has 0 radical (unpaired) electrons. The van der Waals surface area contributed by atoms with E-state index in [2.05, 4.69) is 20.6 Å². The third-order valence-corrected chi connectivity index (χ3v) is 4.17. The number of hydrogen-bond donors (Lipinski definition) is 2. The zero-order valence-electron chi connectivity index (χ0n) is 13.5. The molecule has 2 aromatic rings. The number of aromatic nitrogens is 1. The Kier molecular flexibility index (Phi) is 6.67. The van der Waals surface area contributed by atoms with Crippen molar-refractivity contribution in [3.05, 3.63) is 45.4 Å². The molecule has 2 N–H and O–H groups in total. The minimum absolute atomic E-state index is 0.00293. The quantitative estimate of drug-likeness (QED) is 0.619. The lowest BCUT2D eigenvalue weighted by Crippen LogP contribution is -2.41. The standard InChI is InChI=1S/C16H21ClN4OS/c1-11(22-14-6-4-13(17)5-7-14)8-20-16(18-3)21-10-15-19-9-12(2)23-15/h4-7,9,11H,8,10H2,1-3H3,(H2,18,20,21). The number of thiazole rings is 1. The average Bonchev–Trinajstić information content (AvgIpc) is 2.95. The molecule has 2 rings (SSSR count). The molecule has 0 fully saturated rings. The molecule has 5 nitrogen and oxygen atoms in total. The molecule has 0 amide bonds. The van der Waals surface area contributed by atoms with Gasteiger partial charge in [-0.15, -0.1) is 11.3 Å². The summed E-state index contributed by atoms with van der Waals surface area (Å²) in [7, 11) is 1.74. The maximum absolute atomic E-state index is 5.86. The van der Waals surface area contributed by atoms with E-state index in [1.165, 1.54) is 4.88 Å². The number of hydrogen-bond acceptors (Lipinski definition) is 4. The van der Waals surface area contributed by atoms with E-state index in [1.54, 1.807) is 18.4 Å². The lowest BCUT2D eigenvalue weighted by Gasteiger charge is -2.17. The first kappa shape index (κ1) is 17.6. The van der Waals surface area contributed by atoms with E-state index < -0.39 is 0 Å². The number of nitrogens with one attached hydrogen (secondary N) is 2. The third-order valence-electron chi connectivity index (χ3n) is 3.01. The molecule has 23 heavy (non-hydrogen) atoms. The number of aryl methyl sites for hydroxylation is 1. The van der Waals surface area contributed by atoms with Crippen molar-refractivity contribution >= 4 is 28.9 Å². The number of rotatable bonds is 6. The van der Waals surface area contributed by atoms with E-state index >= 15 is 0 Å². The fourth-order valence-corrected chi connectivity index (χ4v) is 2.74. The highest BCUT2D eigenvalue weighted by atomic mass is 35.5. The van der Waals surface area contributed by atoms with E-state index in [9.17, 15) is 0 Å². The summed E-state index contributed by atoms with van der Waals surface area (Å²) in [5.74, 6) is 1.52. The number of nitrogens with zero attached hydrogens (tertiary/aromatic N) is 2. The Morgan fingerprint density at radius 1 is 1.35 bits per heavy atom. The van der Waals surface area contributed by atoms with Crippen molar-refractivity contribution in [2.24, 2.45) is 4.99 Å². The predicted molar refractivity (Wildman–Crippen MR) is 96.6 cm³/mol. The van der Waals surface area contributed by atoms with Gasteiger partial charge in [0.1, 0.15) is 16.9 Å². The number of aliphatic imine (C=N–C) groups is 1. The predicted octanol–water partition coefficient (Wildman–Crippen LogP) is 3.24. The fraction of sp³-hybridized carbons (Fsp3) is 0.375. The molecule has 0 saturated carbocycles. The van der Waals surface area contributed by atoms with E-state index in [-0.39, 0.29) is 6.10 Å². The van der Waals surface area contributed by atoms with Crippen LogP contribution in [0.5, 0.6) is 5.75 Å². The molecule has 124 valence electrons. The number of ether oxygens (including phenoxy) is 1. The van der Waals surface area contributed by atoms with Gasteiger partial charge < -0.3 is 15.4 Å². The van der Waals surface area contributed by atoms with Gasteiger partial charge in [-0.3, -0.25) is 4.99 Å². The third kappa shape index (κ3) is 6.08. The Morgan fingerprint density at radius 3 is 2.70 bits per heavy atom. The van der Waals surface area contributed by atoms with Crippen LogP contribution in [0.25, 0.3) is 0 Å². The lowest BCUT2D eigenvalue weighted by molar-refractivity contribution is 0.224. The highest BCUT2D eigenvalue weighted by Crippen LogP contribution is 2.16. The van der Waals surface area contributed by atoms with Crippen LogP contribution in [0.1, 0.15) is 16.8 Å². The largest absolute Gasteiger partial charge is 0.489 e. The molecule has 0 aliphatic heterocycles. The van der Waals surface area contributed by atoms with Crippen LogP contribution >= 0.6 is 22.9 Å². The van der Waals surface area contributed by atoms with Crippen LogP contribution in [0.4, 0.5) is 0 Å². The number of benzene rings is 1. The smallest absolute Gasteiger partial charge is 0.191 e. The van der Waals surface area contributed by atoms with Gasteiger partial charge in [0, 0.05) is 23.1 Å². The summed E-state index contributed by atoms with van der Waals surface area (Å²) in [4.78, 5) is 9.72. The Balaban J connectivity index is 1.75. The van der Waals surface area contributed by atoms with Crippen LogP contribution in [-0.2, 0) is 6.54 Å². The first-order valence-corrected chi connectivity index (χ1v) is 8.54. The fourth-order valence-electron chi connectivity index (χ4n) is 1.89. The van der Waals surface area contributed by atoms with Gasteiger partial charge in [-0.05, 0) is 38.1 Å². The summed E-state index contributed by atoms with van der Waals surface area (Å²) < 4.78 is 5.82. The zero-order valence-corrected chi connectivity index (χ0v) is 15.0. The van der Waals surface area contributed by atoms with Crippen LogP contribution < -0.4 is 15.4 Å². The molecule has 1 aromatic carbocycles. The molecular weight excluding hydrogens is 332 g/mol. The summed E-state index contributed by atoms with van der Waals surface area (Å²) in [6.07, 6.45) is 1.87. The van der Waals surface area contributed by atoms with Crippen molar-refractivity contribution in [2.75, 3.05) is 13.6 Å². The van der Waals surface area contributed by atoms with Gasteiger partial charge >= 0.3 is 0 Å². The van der Waals surface area contributed by atoms with Crippen LogP contribution in [-0.4, -0.2) is 30.6 Å². The highest BCUT2D eigenvalue weighted by Gasteiger charge is 2.06. The maximum Gasteiger partial charge on any atom is 0.191 e. The van der Waals surface area contributed by atoms with Gasteiger partial charge in [-0.2, -0.15) is 0 Å². The number of guanidine groups is 1. The molecule has 7 heteroatoms. The van der Waals surface area contributed by atoms with Crippen molar-refractivity contribution in [1.82, 2.24) is 15.6 Å². The van der Waals surface area contributed by atoms with Crippen molar-refractivity contribution in [2.45, 2.75) is 26.5 Å². The maximum atomic E-state index is 5.86. The van der Waals surface area contributed by atoms with Crippen molar-refractivity contribution in [3.63, 3.8) is 0 Å². The summed E-state index contributed by atoms with van der Waals surface area (Å²) in [5.41, 5.74) is 0. The Hall–Kier alpha value is -1.79. The Labute approximate surface area is 145 Å². The second-order valence-electron chi connectivity index (χ2n) is 5.05. The SMILES string of the molecule is CN=C(NCc1ncc(C)s1)NCC(C)Oc1ccc(Cl)cc1. The normalized spacial score (nSPS) is 12.8. The molecule has 1 aromatic heterocycles. The number of halogens is 1. The van der Waals surface area contributed by atoms with Gasteiger partial charge in [-0.1, -0.05) is 11.6 Å². The molecule has 1 unspecified atom stereocenters. The molecular formula is C16H21ClN4OS. The van der Waals surface area contributed by atoms with Crippen LogP contribution in [0.15, 0.2) is 35.5 Å².